The van der Waals surface area contributed by atoms with Crippen LogP contribution in [0.15, 0.2) is 34.7 Å². The van der Waals surface area contributed by atoms with E-state index in [1.807, 2.05) is 35.7 Å². The minimum absolute atomic E-state index is 0.155. The number of thioether (sulfide) groups is 1. The molecule has 3 N–H and O–H groups in total. The fraction of sp³-hybridized carbons (Fsp3) is 0.222. The van der Waals surface area contributed by atoms with Crippen molar-refractivity contribution in [3.05, 3.63) is 24.4 Å². The minimum Gasteiger partial charge on any atom is -0.409 e. The van der Waals surface area contributed by atoms with E-state index in [2.05, 4.69) is 15.4 Å². The summed E-state index contributed by atoms with van der Waals surface area (Å²) in [6.45, 7) is 1.84. The molecule has 16 heavy (non-hydrogen) atoms. The number of fused-ring (bicyclic) bond motifs is 1. The van der Waals surface area contributed by atoms with E-state index in [4.69, 9.17) is 10.9 Å². The highest BCUT2D eigenvalue weighted by Crippen LogP contribution is 2.21. The lowest BCUT2D eigenvalue weighted by atomic mass is 10.4. The lowest BCUT2D eigenvalue weighted by molar-refractivity contribution is 0.317. The van der Waals surface area contributed by atoms with Gasteiger partial charge in [0.1, 0.15) is 0 Å². The van der Waals surface area contributed by atoms with E-state index in [1.165, 1.54) is 11.8 Å². The molecule has 0 amide bonds. The SMILES string of the molecule is CC(Sc1nnc2ccccn12)C(N)=NO. The number of pyridine rings is 1. The van der Waals surface area contributed by atoms with Crippen molar-refractivity contribution in [2.24, 2.45) is 10.9 Å². The van der Waals surface area contributed by atoms with Crippen LogP contribution in [-0.4, -0.2) is 30.9 Å². The molecule has 2 rings (SSSR count). The van der Waals surface area contributed by atoms with Crippen LogP contribution >= 0.6 is 11.8 Å². The van der Waals surface area contributed by atoms with Crippen LogP contribution < -0.4 is 5.73 Å². The van der Waals surface area contributed by atoms with Gasteiger partial charge in [0, 0.05) is 6.20 Å². The van der Waals surface area contributed by atoms with Gasteiger partial charge in [-0.05, 0) is 19.1 Å². The molecule has 0 aliphatic rings. The molecule has 0 saturated carbocycles. The molecule has 0 aliphatic heterocycles. The van der Waals surface area contributed by atoms with Crippen LogP contribution in [0.2, 0.25) is 0 Å². The van der Waals surface area contributed by atoms with Gasteiger partial charge in [0.05, 0.1) is 5.25 Å². The van der Waals surface area contributed by atoms with Gasteiger partial charge in [0.2, 0.25) is 0 Å². The van der Waals surface area contributed by atoms with Crippen LogP contribution in [0.5, 0.6) is 0 Å². The molecular formula is C9H11N5OS. The van der Waals surface area contributed by atoms with E-state index in [-0.39, 0.29) is 11.1 Å². The number of oxime groups is 1. The maximum atomic E-state index is 8.55. The number of hydrogen-bond acceptors (Lipinski definition) is 5. The van der Waals surface area contributed by atoms with Gasteiger partial charge in [-0.3, -0.25) is 4.40 Å². The molecule has 84 valence electrons. The molecule has 0 aromatic carbocycles. The molecule has 1 atom stereocenters. The van der Waals surface area contributed by atoms with Gasteiger partial charge in [-0.1, -0.05) is 23.0 Å². The molecule has 2 aromatic heterocycles. The fourth-order valence-electron chi connectivity index (χ4n) is 1.20. The Kier molecular flexibility index (Phi) is 2.95. The van der Waals surface area contributed by atoms with Crippen molar-refractivity contribution in [3.63, 3.8) is 0 Å². The fourth-order valence-corrected chi connectivity index (χ4v) is 2.04. The van der Waals surface area contributed by atoms with E-state index >= 15 is 0 Å². The van der Waals surface area contributed by atoms with Crippen LogP contribution in [0.3, 0.4) is 0 Å². The van der Waals surface area contributed by atoms with Gasteiger partial charge < -0.3 is 10.9 Å². The summed E-state index contributed by atoms with van der Waals surface area (Å²) in [4.78, 5) is 0. The van der Waals surface area contributed by atoms with Crippen molar-refractivity contribution in [1.29, 1.82) is 0 Å². The Balaban J connectivity index is 2.28. The van der Waals surface area contributed by atoms with Crippen LogP contribution in [-0.2, 0) is 0 Å². The van der Waals surface area contributed by atoms with E-state index in [1.54, 1.807) is 0 Å². The van der Waals surface area contributed by atoms with Crippen molar-refractivity contribution < 1.29 is 5.21 Å². The maximum absolute atomic E-state index is 8.55. The number of hydrogen-bond donors (Lipinski definition) is 2. The van der Waals surface area contributed by atoms with E-state index in [0.29, 0.717) is 0 Å². The normalized spacial score (nSPS) is 14.2. The predicted molar refractivity (Wildman–Crippen MR) is 61.7 cm³/mol. The summed E-state index contributed by atoms with van der Waals surface area (Å²) in [6.07, 6.45) is 1.87. The largest absolute Gasteiger partial charge is 0.409 e. The zero-order valence-corrected chi connectivity index (χ0v) is 9.42. The summed E-state index contributed by atoms with van der Waals surface area (Å²) in [5.41, 5.74) is 6.27. The van der Waals surface area contributed by atoms with E-state index in [9.17, 15) is 0 Å². The van der Waals surface area contributed by atoms with Crippen LogP contribution in [0.1, 0.15) is 6.92 Å². The van der Waals surface area contributed by atoms with Crippen LogP contribution in [0.4, 0.5) is 0 Å². The molecule has 0 spiro atoms. The summed E-state index contributed by atoms with van der Waals surface area (Å²) in [5.74, 6) is 0.165. The second-order valence-electron chi connectivity index (χ2n) is 3.20. The summed E-state index contributed by atoms with van der Waals surface area (Å²) in [5, 5.41) is 20.1. The van der Waals surface area contributed by atoms with Crippen LogP contribution in [0.25, 0.3) is 5.65 Å². The zero-order valence-electron chi connectivity index (χ0n) is 8.61. The van der Waals surface area contributed by atoms with Crippen LogP contribution in [0, 0.1) is 0 Å². The third-order valence-corrected chi connectivity index (χ3v) is 3.18. The summed E-state index contributed by atoms with van der Waals surface area (Å²) >= 11 is 1.39. The Bertz CT molecular complexity index is 523. The Hall–Kier alpha value is -1.76. The monoisotopic (exact) mass is 237 g/mol. The molecule has 6 nitrogen and oxygen atoms in total. The van der Waals surface area contributed by atoms with Gasteiger partial charge in [-0.2, -0.15) is 0 Å². The maximum Gasteiger partial charge on any atom is 0.196 e. The highest BCUT2D eigenvalue weighted by molar-refractivity contribution is 8.00. The average molecular weight is 237 g/mol. The second-order valence-corrected chi connectivity index (χ2v) is 4.50. The molecular weight excluding hydrogens is 226 g/mol. The Morgan fingerprint density at radius 1 is 1.56 bits per heavy atom. The van der Waals surface area contributed by atoms with Gasteiger partial charge in [0.25, 0.3) is 0 Å². The highest BCUT2D eigenvalue weighted by atomic mass is 32.2. The first-order valence-electron chi connectivity index (χ1n) is 4.66. The number of amidine groups is 1. The molecule has 0 aliphatic carbocycles. The summed E-state index contributed by atoms with van der Waals surface area (Å²) in [6, 6.07) is 5.66. The second kappa shape index (κ2) is 4.40. The number of rotatable bonds is 3. The Morgan fingerprint density at radius 3 is 3.12 bits per heavy atom. The first-order valence-corrected chi connectivity index (χ1v) is 5.54. The smallest absolute Gasteiger partial charge is 0.196 e. The average Bonchev–Trinajstić information content (AvgIpc) is 2.72. The first kappa shape index (κ1) is 10.7. The number of aromatic nitrogens is 3. The molecule has 2 aromatic rings. The molecule has 7 heteroatoms. The molecule has 0 fully saturated rings. The predicted octanol–water partition coefficient (Wildman–Crippen LogP) is 0.956. The van der Waals surface area contributed by atoms with Gasteiger partial charge in [0.15, 0.2) is 16.6 Å². The lowest BCUT2D eigenvalue weighted by Gasteiger charge is -2.06. The van der Waals surface area contributed by atoms with Crippen molar-refractivity contribution in [2.45, 2.75) is 17.3 Å². The summed E-state index contributed by atoms with van der Waals surface area (Å²) in [7, 11) is 0. The van der Waals surface area contributed by atoms with E-state index < -0.39 is 0 Å². The molecule has 0 saturated heterocycles. The van der Waals surface area contributed by atoms with Gasteiger partial charge in [-0.25, -0.2) is 0 Å². The third kappa shape index (κ3) is 1.94. The van der Waals surface area contributed by atoms with Crippen molar-refractivity contribution in [2.75, 3.05) is 0 Å². The summed E-state index contributed by atoms with van der Waals surface area (Å²) < 4.78 is 1.85. The molecule has 2 heterocycles. The zero-order chi connectivity index (χ0) is 11.5. The molecule has 1 unspecified atom stereocenters. The standard InChI is InChI=1S/C9H11N5OS/c1-6(8(10)13-15)16-9-12-11-7-4-2-3-5-14(7)9/h2-6,15H,1H3,(H2,10,13). The third-order valence-electron chi connectivity index (χ3n) is 2.10. The minimum atomic E-state index is -0.155. The lowest BCUT2D eigenvalue weighted by Crippen LogP contribution is -2.23. The van der Waals surface area contributed by atoms with Gasteiger partial charge >= 0.3 is 0 Å². The van der Waals surface area contributed by atoms with E-state index in [0.717, 1.165) is 10.8 Å². The number of nitrogens with zero attached hydrogens (tertiary/aromatic N) is 4. The van der Waals surface area contributed by atoms with Crippen molar-refractivity contribution in [3.8, 4) is 0 Å². The Labute approximate surface area is 96.2 Å². The topological polar surface area (TPSA) is 88.8 Å². The van der Waals surface area contributed by atoms with Crippen molar-refractivity contribution >= 4 is 23.2 Å². The molecule has 0 radical (unpaired) electrons. The highest BCUT2D eigenvalue weighted by Gasteiger charge is 2.13. The van der Waals surface area contributed by atoms with Gasteiger partial charge in [-0.15, -0.1) is 10.2 Å². The molecule has 0 bridgehead atoms. The number of nitrogens with two attached hydrogens (primary N) is 1. The Morgan fingerprint density at radius 2 is 2.38 bits per heavy atom. The quantitative estimate of drug-likeness (QED) is 0.273. The first-order chi connectivity index (χ1) is 7.72. The van der Waals surface area contributed by atoms with Crippen molar-refractivity contribution in [1.82, 2.24) is 14.6 Å².